The number of aliphatic hydroxyl groups excluding tert-OH is 1. The molecule has 1 heterocycles. The summed E-state index contributed by atoms with van der Waals surface area (Å²) in [5.74, 6) is 3.29. The van der Waals surface area contributed by atoms with Crippen LogP contribution in [0.2, 0.25) is 0 Å². The van der Waals surface area contributed by atoms with Gasteiger partial charge in [0.2, 0.25) is 0 Å². The quantitative estimate of drug-likeness (QED) is 0.122. The van der Waals surface area contributed by atoms with Gasteiger partial charge in [0.15, 0.2) is 5.78 Å². The Labute approximate surface area is 242 Å². The lowest BCUT2D eigenvalue weighted by Gasteiger charge is -2.19. The van der Waals surface area contributed by atoms with Crippen molar-refractivity contribution in [2.45, 2.75) is 63.9 Å². The van der Waals surface area contributed by atoms with Gasteiger partial charge in [-0.05, 0) is 75.4 Å². The van der Waals surface area contributed by atoms with Crippen molar-refractivity contribution in [3.63, 3.8) is 0 Å². The number of hydrogen-bond acceptors (Lipinski definition) is 7. The summed E-state index contributed by atoms with van der Waals surface area (Å²) in [6, 6.07) is 13.5. The highest BCUT2D eigenvalue weighted by molar-refractivity contribution is 5.99. The Hall–Kier alpha value is -4.17. The number of carbonyl (C=O) groups is 1. The first kappa shape index (κ1) is 29.8. The van der Waals surface area contributed by atoms with Gasteiger partial charge in [0.05, 0.1) is 22.9 Å². The molecule has 1 saturated carbocycles. The fourth-order valence-corrected chi connectivity index (χ4v) is 5.09. The largest absolute Gasteiger partial charge is 0.490 e. The summed E-state index contributed by atoms with van der Waals surface area (Å²) in [5, 5.41) is 26.2. The predicted octanol–water partition coefficient (Wildman–Crippen LogP) is 5.96. The van der Waals surface area contributed by atoms with E-state index in [1.165, 1.54) is 0 Å². The number of pyridine rings is 1. The van der Waals surface area contributed by atoms with Crippen molar-refractivity contribution < 1.29 is 14.6 Å². The van der Waals surface area contributed by atoms with Crippen molar-refractivity contribution in [2.75, 3.05) is 25.0 Å². The number of nitrogens with zero attached hydrogens (tertiary/aromatic N) is 2. The molecule has 1 aromatic heterocycles. The van der Waals surface area contributed by atoms with Gasteiger partial charge in [-0.1, -0.05) is 30.9 Å². The van der Waals surface area contributed by atoms with Gasteiger partial charge >= 0.3 is 0 Å². The van der Waals surface area contributed by atoms with E-state index >= 15 is 0 Å². The second-order valence-electron chi connectivity index (χ2n) is 10.4. The smallest absolute Gasteiger partial charge is 0.159 e. The van der Waals surface area contributed by atoms with Crippen LogP contribution < -0.4 is 15.4 Å². The van der Waals surface area contributed by atoms with Gasteiger partial charge in [-0.15, -0.1) is 6.42 Å². The summed E-state index contributed by atoms with van der Waals surface area (Å²) < 4.78 is 6.41. The van der Waals surface area contributed by atoms with Crippen molar-refractivity contribution in [1.82, 2.24) is 10.3 Å². The second kappa shape index (κ2) is 15.6. The van der Waals surface area contributed by atoms with E-state index in [2.05, 4.69) is 27.6 Å². The molecule has 7 nitrogen and oxygen atoms in total. The van der Waals surface area contributed by atoms with Crippen LogP contribution in [0.5, 0.6) is 5.75 Å². The summed E-state index contributed by atoms with van der Waals surface area (Å²) in [6.07, 6.45) is 19.2. The molecule has 0 bridgehead atoms. The summed E-state index contributed by atoms with van der Waals surface area (Å²) in [7, 11) is 0. The molecule has 0 atom stereocenters. The van der Waals surface area contributed by atoms with E-state index in [9.17, 15) is 10.1 Å². The number of unbranched alkanes of at least 4 members (excludes halogenated alkanes) is 3. The number of nitrogens with one attached hydrogen (secondary N) is 2. The van der Waals surface area contributed by atoms with Crippen LogP contribution in [0.25, 0.3) is 10.9 Å². The van der Waals surface area contributed by atoms with E-state index in [0.29, 0.717) is 29.1 Å². The van der Waals surface area contributed by atoms with Gasteiger partial charge in [0.1, 0.15) is 11.8 Å². The van der Waals surface area contributed by atoms with E-state index in [1.807, 2.05) is 42.5 Å². The third-order valence-electron chi connectivity index (χ3n) is 7.26. The van der Waals surface area contributed by atoms with Gasteiger partial charge in [0.25, 0.3) is 0 Å². The molecule has 0 amide bonds. The minimum absolute atomic E-state index is 0.0222. The van der Waals surface area contributed by atoms with Crippen LogP contribution in [0.1, 0.15) is 68.1 Å². The van der Waals surface area contributed by atoms with Gasteiger partial charge in [0, 0.05) is 54.0 Å². The molecule has 1 aliphatic rings. The molecule has 0 saturated heterocycles. The molecular weight excluding hydrogens is 512 g/mol. The molecule has 3 aromatic rings. The maximum absolute atomic E-state index is 13.0. The third-order valence-corrected chi connectivity index (χ3v) is 7.26. The standard InChI is InChI=1S/C34H38N4O3/c1-2-25-11-9-12-28(19-25)38-34-27(23-35)24-37-32-22-33(41-30-14-5-6-15-30)26(21-31(32)34)20-29(40)13-10-17-36-16-7-3-4-8-18-39/h1,9-13,19,21-22,24,30,36,39H,3-8,14-18,20H2,(H,37,38)/b13-10+. The van der Waals surface area contributed by atoms with Crippen molar-refractivity contribution in [3.05, 3.63) is 71.4 Å². The molecular formula is C34H38N4O3. The van der Waals surface area contributed by atoms with Crippen LogP contribution in [-0.4, -0.2) is 41.7 Å². The Morgan fingerprint density at radius 1 is 1.17 bits per heavy atom. The molecule has 0 radical (unpaired) electrons. The van der Waals surface area contributed by atoms with Crippen molar-refractivity contribution >= 4 is 28.1 Å². The van der Waals surface area contributed by atoms with Gasteiger partial charge in [-0.2, -0.15) is 5.26 Å². The number of ether oxygens (including phenoxy) is 1. The molecule has 0 unspecified atom stereocenters. The van der Waals surface area contributed by atoms with Crippen molar-refractivity contribution in [2.24, 2.45) is 0 Å². The molecule has 41 heavy (non-hydrogen) atoms. The van der Waals surface area contributed by atoms with Crippen molar-refractivity contribution in [1.29, 1.82) is 5.26 Å². The monoisotopic (exact) mass is 550 g/mol. The molecule has 1 fully saturated rings. The second-order valence-corrected chi connectivity index (χ2v) is 10.4. The number of benzene rings is 2. The third kappa shape index (κ3) is 8.66. The number of carbonyl (C=O) groups excluding carboxylic acids is 1. The Kier molecular flexibility index (Phi) is 11.3. The highest BCUT2D eigenvalue weighted by Gasteiger charge is 2.21. The zero-order valence-corrected chi connectivity index (χ0v) is 23.5. The number of ketones is 1. The lowest BCUT2D eigenvalue weighted by atomic mass is 10.0. The average Bonchev–Trinajstić information content (AvgIpc) is 3.50. The number of fused-ring (bicyclic) bond motifs is 1. The number of rotatable bonds is 15. The van der Waals surface area contributed by atoms with Crippen LogP contribution in [-0.2, 0) is 11.2 Å². The van der Waals surface area contributed by atoms with Crippen LogP contribution in [0.4, 0.5) is 11.4 Å². The lowest BCUT2D eigenvalue weighted by molar-refractivity contribution is -0.114. The average molecular weight is 551 g/mol. The topological polar surface area (TPSA) is 107 Å². The first-order chi connectivity index (χ1) is 20.1. The van der Waals surface area contributed by atoms with E-state index in [0.717, 1.165) is 80.1 Å². The number of anilines is 2. The summed E-state index contributed by atoms with van der Waals surface area (Å²) in [6.45, 7) is 1.74. The minimum Gasteiger partial charge on any atom is -0.490 e. The van der Waals surface area contributed by atoms with Crippen LogP contribution in [0.15, 0.2) is 54.7 Å². The summed E-state index contributed by atoms with van der Waals surface area (Å²) in [4.78, 5) is 17.6. The van der Waals surface area contributed by atoms with Crippen LogP contribution in [0.3, 0.4) is 0 Å². The van der Waals surface area contributed by atoms with Crippen molar-refractivity contribution in [3.8, 4) is 24.2 Å². The number of terminal acetylenes is 1. The Balaban J connectivity index is 1.56. The first-order valence-electron chi connectivity index (χ1n) is 14.5. The molecule has 4 rings (SSSR count). The van der Waals surface area contributed by atoms with Gasteiger partial charge in [-0.3, -0.25) is 9.78 Å². The molecule has 7 heteroatoms. The van der Waals surface area contributed by atoms with E-state index in [1.54, 1.807) is 12.3 Å². The predicted molar refractivity (Wildman–Crippen MR) is 163 cm³/mol. The SMILES string of the molecule is C#Cc1cccc(Nc2c(C#N)cnc3cc(OC4CCCC4)c(CC(=O)/C=C/CNCCCCCCO)cc23)c1. The van der Waals surface area contributed by atoms with Crippen LogP contribution >= 0.6 is 0 Å². The Morgan fingerprint density at radius 2 is 2.00 bits per heavy atom. The minimum atomic E-state index is -0.0222. The van der Waals surface area contributed by atoms with E-state index < -0.39 is 0 Å². The van der Waals surface area contributed by atoms with Gasteiger partial charge < -0.3 is 20.5 Å². The summed E-state index contributed by atoms with van der Waals surface area (Å²) in [5.41, 5.74) is 3.96. The fraction of sp³-hybridized carbons (Fsp3) is 0.382. The molecule has 0 spiro atoms. The van der Waals surface area contributed by atoms with Crippen LogP contribution in [0, 0.1) is 23.7 Å². The number of nitriles is 1. The maximum Gasteiger partial charge on any atom is 0.159 e. The Morgan fingerprint density at radius 3 is 2.78 bits per heavy atom. The molecule has 2 aromatic carbocycles. The van der Waals surface area contributed by atoms with E-state index in [4.69, 9.17) is 16.3 Å². The zero-order chi connectivity index (χ0) is 28.9. The zero-order valence-electron chi connectivity index (χ0n) is 23.5. The number of allylic oxidation sites excluding steroid dienone is 1. The number of aromatic nitrogens is 1. The molecule has 212 valence electrons. The maximum atomic E-state index is 13.0. The summed E-state index contributed by atoms with van der Waals surface area (Å²) >= 11 is 0. The highest BCUT2D eigenvalue weighted by Crippen LogP contribution is 2.35. The first-order valence-corrected chi connectivity index (χ1v) is 14.5. The lowest BCUT2D eigenvalue weighted by Crippen LogP contribution is -2.15. The fourth-order valence-electron chi connectivity index (χ4n) is 5.09. The number of hydrogen-bond donors (Lipinski definition) is 3. The van der Waals surface area contributed by atoms with Gasteiger partial charge in [-0.25, -0.2) is 0 Å². The molecule has 0 aliphatic heterocycles. The molecule has 3 N–H and O–H groups in total. The highest BCUT2D eigenvalue weighted by atomic mass is 16.5. The number of aliphatic hydroxyl groups is 1. The Bertz CT molecular complexity index is 1440. The van der Waals surface area contributed by atoms with E-state index in [-0.39, 0.29) is 24.9 Å². The molecule has 1 aliphatic carbocycles. The normalized spacial score (nSPS) is 13.3.